The smallest absolute Gasteiger partial charge is 0.331 e. The molecule has 1 amide bonds. The minimum Gasteiger partial charge on any atom is -0.467 e. The third kappa shape index (κ3) is 2.91. The molecule has 1 saturated heterocycles. The number of ether oxygens (including phenoxy) is 2. The molecule has 1 aliphatic rings. The Bertz CT molecular complexity index is 564. The molecular formula is C12H16N2O5S. The van der Waals surface area contributed by atoms with Crippen LogP contribution in [-0.4, -0.2) is 54.3 Å². The summed E-state index contributed by atoms with van der Waals surface area (Å²) < 4.78 is 11.3. The average Bonchev–Trinajstić information content (AvgIpc) is 2.78. The number of nitrogens with zero attached hydrogens (tertiary/aromatic N) is 2. The topological polar surface area (TPSA) is 77.8 Å². The summed E-state index contributed by atoms with van der Waals surface area (Å²) in [6.07, 6.45) is 0. The van der Waals surface area contributed by atoms with E-state index in [1.807, 2.05) is 0 Å². The highest BCUT2D eigenvalue weighted by molar-refractivity contribution is 7.07. The predicted molar refractivity (Wildman–Crippen MR) is 71.7 cm³/mol. The molecule has 1 unspecified atom stereocenters. The van der Waals surface area contributed by atoms with Gasteiger partial charge in [0.05, 0.1) is 20.3 Å². The van der Waals surface area contributed by atoms with E-state index < -0.39 is 12.0 Å². The Morgan fingerprint density at radius 2 is 2.30 bits per heavy atom. The lowest BCUT2D eigenvalue weighted by molar-refractivity contribution is -0.161. The monoisotopic (exact) mass is 300 g/mol. The van der Waals surface area contributed by atoms with E-state index in [-0.39, 0.29) is 23.9 Å². The summed E-state index contributed by atoms with van der Waals surface area (Å²) in [7, 11) is 1.27. The summed E-state index contributed by atoms with van der Waals surface area (Å²) in [5.74, 6) is -0.792. The number of rotatable bonds is 3. The molecule has 20 heavy (non-hydrogen) atoms. The van der Waals surface area contributed by atoms with E-state index in [0.29, 0.717) is 13.2 Å². The van der Waals surface area contributed by atoms with Crippen molar-refractivity contribution in [3.63, 3.8) is 0 Å². The first-order valence-corrected chi connectivity index (χ1v) is 7.02. The fourth-order valence-electron chi connectivity index (χ4n) is 2.06. The van der Waals surface area contributed by atoms with Gasteiger partial charge in [-0.25, -0.2) is 4.79 Å². The lowest BCUT2D eigenvalue weighted by Gasteiger charge is -2.33. The quantitative estimate of drug-likeness (QED) is 0.711. The fraction of sp³-hybridized carbons (Fsp3) is 0.583. The third-order valence-electron chi connectivity index (χ3n) is 3.19. The molecule has 1 aromatic heterocycles. The number of hydrogen-bond acceptors (Lipinski definition) is 6. The van der Waals surface area contributed by atoms with Gasteiger partial charge < -0.3 is 14.4 Å². The molecular weight excluding hydrogens is 284 g/mol. The van der Waals surface area contributed by atoms with Crippen LogP contribution in [0.3, 0.4) is 0 Å². The van der Waals surface area contributed by atoms with Gasteiger partial charge in [-0.2, -0.15) is 0 Å². The number of amides is 1. The van der Waals surface area contributed by atoms with E-state index in [9.17, 15) is 14.4 Å². The summed E-state index contributed by atoms with van der Waals surface area (Å²) in [4.78, 5) is 36.8. The van der Waals surface area contributed by atoms with Gasteiger partial charge in [-0.1, -0.05) is 11.3 Å². The van der Waals surface area contributed by atoms with Crippen LogP contribution in [0, 0.1) is 6.92 Å². The molecule has 0 saturated carbocycles. The zero-order chi connectivity index (χ0) is 14.7. The number of carbonyl (C=O) groups is 2. The number of aromatic nitrogens is 1. The number of carbonyl (C=O) groups excluding carboxylic acids is 2. The molecule has 110 valence electrons. The Morgan fingerprint density at radius 1 is 1.55 bits per heavy atom. The van der Waals surface area contributed by atoms with Gasteiger partial charge in [0.15, 0.2) is 6.04 Å². The van der Waals surface area contributed by atoms with E-state index in [0.717, 1.165) is 17.0 Å². The number of thiazole rings is 1. The maximum absolute atomic E-state index is 12.3. The summed E-state index contributed by atoms with van der Waals surface area (Å²) in [5.41, 5.74) is 0.733. The molecule has 7 nitrogen and oxygen atoms in total. The van der Waals surface area contributed by atoms with Crippen LogP contribution < -0.4 is 4.87 Å². The zero-order valence-corrected chi connectivity index (χ0v) is 12.1. The molecule has 2 heterocycles. The van der Waals surface area contributed by atoms with Crippen molar-refractivity contribution in [3.8, 4) is 0 Å². The molecule has 1 fully saturated rings. The summed E-state index contributed by atoms with van der Waals surface area (Å²) in [6, 6.07) is -0.740. The second-order valence-corrected chi connectivity index (χ2v) is 5.25. The highest BCUT2D eigenvalue weighted by Gasteiger charge is 2.33. The van der Waals surface area contributed by atoms with Crippen molar-refractivity contribution in [2.45, 2.75) is 19.5 Å². The van der Waals surface area contributed by atoms with Crippen molar-refractivity contribution < 1.29 is 19.1 Å². The van der Waals surface area contributed by atoms with Crippen LogP contribution in [-0.2, 0) is 25.6 Å². The van der Waals surface area contributed by atoms with Crippen molar-refractivity contribution >= 4 is 23.2 Å². The highest BCUT2D eigenvalue weighted by Crippen LogP contribution is 2.10. The Kier molecular flexibility index (Phi) is 4.56. The second kappa shape index (κ2) is 6.19. The standard InChI is InChI=1S/C12H16N2O5S/c1-8-7-20-12(17)14(8)5-10(15)13-3-4-19-6-9(13)11(16)18-2/h7,9H,3-6H2,1-2H3. The van der Waals surface area contributed by atoms with E-state index in [1.165, 1.54) is 16.6 Å². The van der Waals surface area contributed by atoms with Crippen molar-refractivity contribution in [1.82, 2.24) is 9.47 Å². The Hall–Kier alpha value is -1.67. The van der Waals surface area contributed by atoms with Gasteiger partial charge >= 0.3 is 10.8 Å². The van der Waals surface area contributed by atoms with E-state index in [4.69, 9.17) is 4.74 Å². The van der Waals surface area contributed by atoms with Gasteiger partial charge in [-0.3, -0.25) is 14.2 Å². The lowest BCUT2D eigenvalue weighted by Crippen LogP contribution is -2.54. The van der Waals surface area contributed by atoms with Crippen LogP contribution in [0.25, 0.3) is 0 Å². The number of aryl methyl sites for hydroxylation is 1. The first-order valence-electron chi connectivity index (χ1n) is 6.14. The average molecular weight is 300 g/mol. The third-order valence-corrected chi connectivity index (χ3v) is 4.07. The fourth-order valence-corrected chi connectivity index (χ4v) is 2.79. The van der Waals surface area contributed by atoms with Crippen LogP contribution >= 0.6 is 11.3 Å². The van der Waals surface area contributed by atoms with Gasteiger partial charge in [0, 0.05) is 17.6 Å². The number of methoxy groups -OCH3 is 1. The maximum atomic E-state index is 12.3. The zero-order valence-electron chi connectivity index (χ0n) is 11.3. The molecule has 2 rings (SSSR count). The van der Waals surface area contributed by atoms with Crippen LogP contribution in [0.2, 0.25) is 0 Å². The van der Waals surface area contributed by atoms with E-state index in [2.05, 4.69) is 4.74 Å². The van der Waals surface area contributed by atoms with Crippen LogP contribution in [0.15, 0.2) is 10.2 Å². The molecule has 1 aliphatic heterocycles. The number of morpholine rings is 1. The summed E-state index contributed by atoms with van der Waals surface area (Å²) in [5, 5.41) is 1.70. The van der Waals surface area contributed by atoms with Crippen molar-refractivity contribution in [2.24, 2.45) is 0 Å². The first kappa shape index (κ1) is 14.7. The largest absolute Gasteiger partial charge is 0.467 e. The SMILES string of the molecule is COC(=O)C1COCCN1C(=O)Cn1c(C)csc1=O. The molecule has 8 heteroatoms. The van der Waals surface area contributed by atoms with Gasteiger partial charge in [0.25, 0.3) is 0 Å². The summed E-state index contributed by atoms with van der Waals surface area (Å²) >= 11 is 1.05. The van der Waals surface area contributed by atoms with Gasteiger partial charge in [0.2, 0.25) is 5.91 Å². The highest BCUT2D eigenvalue weighted by atomic mass is 32.1. The van der Waals surface area contributed by atoms with Gasteiger partial charge in [-0.15, -0.1) is 0 Å². The van der Waals surface area contributed by atoms with Crippen molar-refractivity contribution in [2.75, 3.05) is 26.9 Å². The Labute approximate surface area is 119 Å². The molecule has 0 aromatic carbocycles. The van der Waals surface area contributed by atoms with E-state index >= 15 is 0 Å². The van der Waals surface area contributed by atoms with Crippen LogP contribution in [0.4, 0.5) is 0 Å². The predicted octanol–water partition coefficient (Wildman–Crippen LogP) is -0.381. The number of hydrogen-bond donors (Lipinski definition) is 0. The Morgan fingerprint density at radius 3 is 2.90 bits per heavy atom. The number of esters is 1. The minimum atomic E-state index is -0.740. The minimum absolute atomic E-state index is 0.0678. The molecule has 1 atom stereocenters. The molecule has 0 N–H and O–H groups in total. The molecule has 0 bridgehead atoms. The maximum Gasteiger partial charge on any atom is 0.331 e. The van der Waals surface area contributed by atoms with Crippen molar-refractivity contribution in [1.29, 1.82) is 0 Å². The van der Waals surface area contributed by atoms with Gasteiger partial charge in [-0.05, 0) is 6.92 Å². The molecule has 0 spiro atoms. The molecule has 0 radical (unpaired) electrons. The summed E-state index contributed by atoms with van der Waals surface area (Å²) in [6.45, 7) is 2.51. The van der Waals surface area contributed by atoms with Crippen LogP contribution in [0.1, 0.15) is 5.69 Å². The first-order chi connectivity index (χ1) is 9.54. The van der Waals surface area contributed by atoms with Gasteiger partial charge in [0.1, 0.15) is 6.54 Å². The lowest BCUT2D eigenvalue weighted by atomic mass is 10.2. The normalized spacial score (nSPS) is 18.9. The second-order valence-electron chi connectivity index (χ2n) is 4.43. The van der Waals surface area contributed by atoms with Crippen LogP contribution in [0.5, 0.6) is 0 Å². The Balaban J connectivity index is 2.14. The van der Waals surface area contributed by atoms with E-state index in [1.54, 1.807) is 12.3 Å². The van der Waals surface area contributed by atoms with Crippen molar-refractivity contribution in [3.05, 3.63) is 20.7 Å². The molecule has 1 aromatic rings. The molecule has 0 aliphatic carbocycles.